The van der Waals surface area contributed by atoms with E-state index in [-0.39, 0.29) is 24.4 Å². The maximum absolute atomic E-state index is 12.5. The number of nitrogens with one attached hydrogen (secondary N) is 2. The van der Waals surface area contributed by atoms with Crippen molar-refractivity contribution in [3.05, 3.63) is 36.3 Å². The largest absolute Gasteiger partial charge is 0.494 e. The van der Waals surface area contributed by atoms with E-state index in [9.17, 15) is 4.79 Å². The minimum absolute atomic E-state index is 0.199. The maximum Gasteiger partial charge on any atom is 0.494 e. The molecule has 8 heteroatoms. The number of benzene rings is 1. The van der Waals surface area contributed by atoms with Gasteiger partial charge in [-0.25, -0.2) is 9.78 Å². The molecule has 1 aromatic carbocycles. The molecule has 0 bridgehead atoms. The number of carbonyl (C=O) groups excluding carboxylic acids is 1. The zero-order chi connectivity index (χ0) is 24.7. The first kappa shape index (κ1) is 24.8. The number of alkyl carbamates (subject to hydrolysis) is 1. The normalized spacial score (nSPS) is 21.0. The molecule has 2 N–H and O–H groups in total. The van der Waals surface area contributed by atoms with Crippen LogP contribution in [0.15, 0.2) is 30.5 Å². The standard InChI is InChI=1S/C26H38BN3O4/c1-24(2,3)32-23(31)30-21(18-10-8-9-11-18)22-28-16-20(29-22)17-12-14-19(15-13-17)27-33-25(4,5)26(6,7)34-27/h12-16,18,21H,8-11H2,1-7H3,(H,28,29)(H,30,31)/t21-/m0/s1. The number of H-pyrrole nitrogens is 1. The van der Waals surface area contributed by atoms with Crippen molar-refractivity contribution in [2.75, 3.05) is 0 Å². The van der Waals surface area contributed by atoms with Crippen molar-refractivity contribution < 1.29 is 18.8 Å². The molecule has 1 saturated carbocycles. The highest BCUT2D eigenvalue weighted by Gasteiger charge is 2.51. The van der Waals surface area contributed by atoms with Crippen LogP contribution in [0.3, 0.4) is 0 Å². The van der Waals surface area contributed by atoms with Crippen molar-refractivity contribution in [3.8, 4) is 11.3 Å². The molecule has 2 heterocycles. The molecule has 2 aromatic rings. The molecule has 2 aliphatic rings. The summed E-state index contributed by atoms with van der Waals surface area (Å²) in [6, 6.07) is 7.96. The third kappa shape index (κ3) is 5.33. The summed E-state index contributed by atoms with van der Waals surface area (Å²) in [5.74, 6) is 1.11. The van der Waals surface area contributed by atoms with Gasteiger partial charge in [0.15, 0.2) is 0 Å². The van der Waals surface area contributed by atoms with Gasteiger partial charge >= 0.3 is 13.2 Å². The first-order valence-corrected chi connectivity index (χ1v) is 12.3. The van der Waals surface area contributed by atoms with Crippen LogP contribution in [0.25, 0.3) is 11.3 Å². The maximum atomic E-state index is 12.5. The minimum Gasteiger partial charge on any atom is -0.444 e. The Labute approximate surface area is 203 Å². The molecule has 0 unspecified atom stereocenters. The highest BCUT2D eigenvalue weighted by molar-refractivity contribution is 6.62. The second-order valence-electron chi connectivity index (χ2n) is 11.6. The molecular formula is C26H38BN3O4. The van der Waals surface area contributed by atoms with Crippen molar-refractivity contribution in [1.82, 2.24) is 15.3 Å². The molecule has 1 atom stereocenters. The van der Waals surface area contributed by atoms with Crippen molar-refractivity contribution in [2.45, 2.75) is 97.0 Å². The summed E-state index contributed by atoms with van der Waals surface area (Å²) in [5.41, 5.74) is 1.62. The Balaban J connectivity index is 1.50. The molecule has 4 rings (SSSR count). The fraction of sp³-hybridized carbons (Fsp3) is 0.615. The van der Waals surface area contributed by atoms with Crippen molar-refractivity contribution in [2.24, 2.45) is 5.92 Å². The van der Waals surface area contributed by atoms with Crippen molar-refractivity contribution >= 4 is 18.7 Å². The first-order chi connectivity index (χ1) is 15.8. The SMILES string of the molecule is CC(C)(C)OC(=O)N[C@H](c1ncc(-c2ccc(B3OC(C)(C)C(C)(C)O3)cc2)[nH]1)C1CCCC1. The van der Waals surface area contributed by atoms with Gasteiger partial charge in [-0.3, -0.25) is 0 Å². The first-order valence-electron chi connectivity index (χ1n) is 12.3. The second kappa shape index (κ2) is 9.04. The smallest absolute Gasteiger partial charge is 0.444 e. The van der Waals surface area contributed by atoms with Crippen LogP contribution in [0.2, 0.25) is 0 Å². The molecule has 0 spiro atoms. The van der Waals surface area contributed by atoms with Crippen molar-refractivity contribution in [1.29, 1.82) is 0 Å². The Morgan fingerprint density at radius 2 is 1.71 bits per heavy atom. The van der Waals surface area contributed by atoms with E-state index < -0.39 is 11.7 Å². The summed E-state index contributed by atoms with van der Waals surface area (Å²) in [5, 5.41) is 3.07. The van der Waals surface area contributed by atoms with Gasteiger partial charge in [-0.1, -0.05) is 37.1 Å². The van der Waals surface area contributed by atoms with Gasteiger partial charge in [0.05, 0.1) is 29.1 Å². The van der Waals surface area contributed by atoms with E-state index >= 15 is 0 Å². The van der Waals surface area contributed by atoms with Crippen LogP contribution in [0.1, 0.15) is 86.0 Å². The Morgan fingerprint density at radius 1 is 1.12 bits per heavy atom. The van der Waals surface area contributed by atoms with Crippen LogP contribution in [0.5, 0.6) is 0 Å². The van der Waals surface area contributed by atoms with Gasteiger partial charge in [0.25, 0.3) is 0 Å². The summed E-state index contributed by atoms with van der Waals surface area (Å²) >= 11 is 0. The van der Waals surface area contributed by atoms with Crippen LogP contribution in [-0.2, 0) is 14.0 Å². The van der Waals surface area contributed by atoms with Gasteiger partial charge < -0.3 is 24.3 Å². The van der Waals surface area contributed by atoms with Crippen LogP contribution in [0, 0.1) is 5.92 Å². The molecule has 2 fully saturated rings. The summed E-state index contributed by atoms with van der Waals surface area (Å²) in [7, 11) is -0.388. The Hall–Kier alpha value is -2.32. The number of hydrogen-bond donors (Lipinski definition) is 2. The van der Waals surface area contributed by atoms with Crippen LogP contribution >= 0.6 is 0 Å². The molecule has 1 amide bonds. The van der Waals surface area contributed by atoms with E-state index in [2.05, 4.69) is 43.0 Å². The predicted molar refractivity (Wildman–Crippen MR) is 134 cm³/mol. The molecule has 1 aliphatic carbocycles. The lowest BCUT2D eigenvalue weighted by Gasteiger charge is -2.32. The molecule has 1 saturated heterocycles. The Morgan fingerprint density at radius 3 is 2.26 bits per heavy atom. The molecule has 1 aromatic heterocycles. The van der Waals surface area contributed by atoms with E-state index in [1.54, 1.807) is 0 Å². The summed E-state index contributed by atoms with van der Waals surface area (Å²) < 4.78 is 17.8. The van der Waals surface area contributed by atoms with Crippen LogP contribution < -0.4 is 10.8 Å². The van der Waals surface area contributed by atoms with Crippen molar-refractivity contribution in [3.63, 3.8) is 0 Å². The van der Waals surface area contributed by atoms with E-state index in [0.717, 1.165) is 35.4 Å². The van der Waals surface area contributed by atoms with Gasteiger partial charge in [-0.2, -0.15) is 0 Å². The lowest BCUT2D eigenvalue weighted by molar-refractivity contribution is 0.00578. The number of hydrogen-bond acceptors (Lipinski definition) is 5. The summed E-state index contributed by atoms with van der Waals surface area (Å²) in [6.45, 7) is 13.8. The molecule has 7 nitrogen and oxygen atoms in total. The predicted octanol–water partition coefficient (Wildman–Crippen LogP) is 5.13. The number of aromatic amines is 1. The monoisotopic (exact) mass is 467 g/mol. The van der Waals surface area contributed by atoms with Gasteiger partial charge in [-0.15, -0.1) is 0 Å². The molecule has 0 radical (unpaired) electrons. The second-order valence-corrected chi connectivity index (χ2v) is 11.6. The highest BCUT2D eigenvalue weighted by atomic mass is 16.7. The average Bonchev–Trinajstić information content (AvgIpc) is 3.46. The third-order valence-corrected chi connectivity index (χ3v) is 7.18. The topological polar surface area (TPSA) is 85.5 Å². The quantitative estimate of drug-likeness (QED) is 0.596. The number of aromatic nitrogens is 2. The van der Waals surface area contributed by atoms with Gasteiger partial charge in [0.1, 0.15) is 11.4 Å². The zero-order valence-corrected chi connectivity index (χ0v) is 21.5. The number of carbonyl (C=O) groups is 1. The van der Waals surface area contributed by atoms with Crippen LogP contribution in [0.4, 0.5) is 4.79 Å². The highest BCUT2D eigenvalue weighted by Crippen LogP contribution is 2.37. The number of amides is 1. The number of ether oxygens (including phenoxy) is 1. The summed E-state index contributed by atoms with van der Waals surface area (Å²) in [4.78, 5) is 20.6. The Kier molecular flexibility index (Phi) is 6.59. The number of rotatable bonds is 5. The van der Waals surface area contributed by atoms with Gasteiger partial charge in [0, 0.05) is 0 Å². The fourth-order valence-corrected chi connectivity index (χ4v) is 4.58. The van der Waals surface area contributed by atoms with Gasteiger partial charge in [0.2, 0.25) is 0 Å². The van der Waals surface area contributed by atoms with Gasteiger partial charge in [-0.05, 0) is 78.3 Å². The molecular weight excluding hydrogens is 429 g/mol. The van der Waals surface area contributed by atoms with E-state index in [1.807, 2.05) is 51.2 Å². The fourth-order valence-electron chi connectivity index (χ4n) is 4.58. The van der Waals surface area contributed by atoms with E-state index in [4.69, 9.17) is 14.0 Å². The Bertz CT molecular complexity index is 988. The number of nitrogens with zero attached hydrogens (tertiary/aromatic N) is 1. The molecule has 1 aliphatic heterocycles. The third-order valence-electron chi connectivity index (χ3n) is 7.18. The van der Waals surface area contributed by atoms with Crippen LogP contribution in [-0.4, -0.2) is 40.0 Å². The minimum atomic E-state index is -0.544. The van der Waals surface area contributed by atoms with E-state index in [0.29, 0.717) is 5.92 Å². The molecule has 184 valence electrons. The average molecular weight is 467 g/mol. The number of imidazole rings is 1. The lowest BCUT2D eigenvalue weighted by Crippen LogP contribution is -2.41. The lowest BCUT2D eigenvalue weighted by atomic mass is 9.79. The zero-order valence-electron chi connectivity index (χ0n) is 21.5. The van der Waals surface area contributed by atoms with E-state index in [1.165, 1.54) is 12.8 Å². The summed E-state index contributed by atoms with van der Waals surface area (Å²) in [6.07, 6.45) is 5.90. The molecule has 34 heavy (non-hydrogen) atoms.